The topological polar surface area (TPSA) is 94.6 Å². The van der Waals surface area contributed by atoms with E-state index in [0.717, 1.165) is 37.2 Å². The number of nitrogens with zero attached hydrogens (tertiary/aromatic N) is 2. The van der Waals surface area contributed by atoms with E-state index >= 15 is 0 Å². The Kier molecular flexibility index (Phi) is 8.24. The van der Waals surface area contributed by atoms with Crippen LogP contribution in [0.4, 0.5) is 0 Å². The lowest BCUT2D eigenvalue weighted by atomic mass is 9.85. The summed E-state index contributed by atoms with van der Waals surface area (Å²) in [5.41, 5.74) is 6.49. The summed E-state index contributed by atoms with van der Waals surface area (Å²) in [5.74, 6) is 0.178. The Balaban J connectivity index is 1.52. The number of carbonyl (C=O) groups is 2. The van der Waals surface area contributed by atoms with Crippen LogP contribution in [0.5, 0.6) is 0 Å². The number of amides is 2. The normalized spacial score (nSPS) is 21.9. The van der Waals surface area contributed by atoms with E-state index in [1.54, 1.807) is 16.2 Å². The second-order valence-corrected chi connectivity index (χ2v) is 11.2. The number of aliphatic hydroxyl groups excluding tert-OH is 1. The third-order valence-electron chi connectivity index (χ3n) is 7.64. The number of hydrogen-bond acceptors (Lipinski definition) is 6. The van der Waals surface area contributed by atoms with Crippen molar-refractivity contribution >= 4 is 23.2 Å². The first-order valence-corrected chi connectivity index (χ1v) is 13.6. The highest BCUT2D eigenvalue weighted by Crippen LogP contribution is 2.34. The Hall–Kier alpha value is -2.29. The fraction of sp³-hybridized carbons (Fsp3) is 0.593. The molecule has 4 rings (SSSR count). The van der Waals surface area contributed by atoms with Crippen molar-refractivity contribution in [1.82, 2.24) is 20.5 Å². The van der Waals surface area contributed by atoms with E-state index in [9.17, 15) is 14.7 Å². The van der Waals surface area contributed by atoms with Crippen LogP contribution < -0.4 is 10.6 Å². The molecule has 0 spiro atoms. The van der Waals surface area contributed by atoms with E-state index in [4.69, 9.17) is 0 Å². The Morgan fingerprint density at radius 3 is 2.66 bits per heavy atom. The molecule has 3 atom stereocenters. The van der Waals surface area contributed by atoms with E-state index in [2.05, 4.69) is 33.8 Å². The summed E-state index contributed by atoms with van der Waals surface area (Å²) in [6, 6.07) is 5.89. The van der Waals surface area contributed by atoms with Gasteiger partial charge >= 0.3 is 0 Å². The maximum absolute atomic E-state index is 13.2. The molecule has 190 valence electrons. The molecule has 0 bridgehead atoms. The molecular weight excluding hydrogens is 460 g/mol. The minimum Gasteiger partial charge on any atom is -0.391 e. The monoisotopic (exact) mass is 498 g/mol. The van der Waals surface area contributed by atoms with Crippen LogP contribution in [0.1, 0.15) is 62.8 Å². The molecule has 2 aliphatic rings. The molecule has 1 aromatic heterocycles. The SMILES string of the molecule is Cc1ncsc1-c1ccc(CNC(=O)C2CC(O)CN2C(=O)C(C)C(C)C)c(C2CCNCC2)c1. The Morgan fingerprint density at radius 2 is 2.00 bits per heavy atom. The quantitative estimate of drug-likeness (QED) is 0.544. The van der Waals surface area contributed by atoms with Crippen LogP contribution in [0, 0.1) is 18.8 Å². The van der Waals surface area contributed by atoms with Crippen molar-refractivity contribution in [2.24, 2.45) is 11.8 Å². The summed E-state index contributed by atoms with van der Waals surface area (Å²) in [5, 5.41) is 16.8. The van der Waals surface area contributed by atoms with Gasteiger partial charge in [-0.1, -0.05) is 32.9 Å². The molecule has 3 N–H and O–H groups in total. The maximum atomic E-state index is 13.2. The van der Waals surface area contributed by atoms with Crippen molar-refractivity contribution in [3.05, 3.63) is 40.5 Å². The summed E-state index contributed by atoms with van der Waals surface area (Å²) in [6.45, 7) is 10.5. The van der Waals surface area contributed by atoms with Gasteiger partial charge in [-0.2, -0.15) is 0 Å². The largest absolute Gasteiger partial charge is 0.391 e. The fourth-order valence-electron chi connectivity index (χ4n) is 5.14. The van der Waals surface area contributed by atoms with E-state index in [-0.39, 0.29) is 36.6 Å². The van der Waals surface area contributed by atoms with Crippen LogP contribution >= 0.6 is 11.3 Å². The highest BCUT2D eigenvalue weighted by molar-refractivity contribution is 7.13. The minimum absolute atomic E-state index is 0.0589. The molecule has 3 heterocycles. The lowest BCUT2D eigenvalue weighted by molar-refractivity contribution is -0.142. The summed E-state index contributed by atoms with van der Waals surface area (Å²) in [4.78, 5) is 33.4. The number of β-amino-alcohol motifs (C(OH)–C–C–N with tert-alkyl or cyclic N) is 1. The van der Waals surface area contributed by atoms with Gasteiger partial charge in [-0.25, -0.2) is 4.98 Å². The number of aliphatic hydroxyl groups is 1. The lowest BCUT2D eigenvalue weighted by Gasteiger charge is -2.28. The van der Waals surface area contributed by atoms with E-state index in [0.29, 0.717) is 12.5 Å². The van der Waals surface area contributed by atoms with Gasteiger partial charge in [0.2, 0.25) is 11.8 Å². The number of piperidine rings is 1. The minimum atomic E-state index is -0.665. The van der Waals surface area contributed by atoms with Gasteiger partial charge in [0.05, 0.1) is 22.2 Å². The van der Waals surface area contributed by atoms with Crippen LogP contribution in [0.2, 0.25) is 0 Å². The predicted molar refractivity (Wildman–Crippen MR) is 139 cm³/mol. The Bertz CT molecular complexity index is 1050. The Labute approximate surface area is 212 Å². The van der Waals surface area contributed by atoms with Gasteiger partial charge in [0.15, 0.2) is 0 Å². The molecule has 2 aromatic rings. The number of carbonyl (C=O) groups excluding carboxylic acids is 2. The third kappa shape index (κ3) is 5.76. The first-order valence-electron chi connectivity index (χ1n) is 12.8. The van der Waals surface area contributed by atoms with Crippen LogP contribution in [-0.2, 0) is 16.1 Å². The van der Waals surface area contributed by atoms with Gasteiger partial charge in [-0.3, -0.25) is 9.59 Å². The number of thiazole rings is 1. The van der Waals surface area contributed by atoms with E-state index < -0.39 is 12.1 Å². The number of benzene rings is 1. The van der Waals surface area contributed by atoms with Crippen molar-refractivity contribution in [1.29, 1.82) is 0 Å². The molecular formula is C27H38N4O3S. The van der Waals surface area contributed by atoms with Crippen molar-refractivity contribution in [2.45, 2.75) is 71.6 Å². The molecule has 3 unspecified atom stereocenters. The molecule has 1 aromatic carbocycles. The fourth-order valence-corrected chi connectivity index (χ4v) is 5.94. The smallest absolute Gasteiger partial charge is 0.243 e. The van der Waals surface area contributed by atoms with Gasteiger partial charge < -0.3 is 20.6 Å². The van der Waals surface area contributed by atoms with Gasteiger partial charge in [0, 0.05) is 25.4 Å². The summed E-state index contributed by atoms with van der Waals surface area (Å²) < 4.78 is 0. The van der Waals surface area contributed by atoms with Gasteiger partial charge in [-0.15, -0.1) is 11.3 Å². The van der Waals surface area contributed by atoms with E-state index in [1.807, 2.05) is 33.2 Å². The maximum Gasteiger partial charge on any atom is 0.243 e. The van der Waals surface area contributed by atoms with Crippen LogP contribution in [-0.4, -0.2) is 58.6 Å². The number of likely N-dealkylation sites (tertiary alicyclic amines) is 1. The molecule has 2 amide bonds. The molecule has 35 heavy (non-hydrogen) atoms. The van der Waals surface area contributed by atoms with Crippen molar-refractivity contribution in [2.75, 3.05) is 19.6 Å². The second kappa shape index (κ2) is 11.2. The number of aryl methyl sites for hydroxylation is 1. The second-order valence-electron chi connectivity index (χ2n) is 10.4. The van der Waals surface area contributed by atoms with Gasteiger partial charge in [0.1, 0.15) is 6.04 Å². The van der Waals surface area contributed by atoms with Crippen molar-refractivity contribution < 1.29 is 14.7 Å². The number of rotatable bonds is 7. The zero-order valence-corrected chi connectivity index (χ0v) is 22.0. The first kappa shape index (κ1) is 25.8. The van der Waals surface area contributed by atoms with Gasteiger partial charge in [0.25, 0.3) is 0 Å². The van der Waals surface area contributed by atoms with Crippen molar-refractivity contribution in [3.63, 3.8) is 0 Å². The summed E-state index contributed by atoms with van der Waals surface area (Å²) >= 11 is 1.65. The highest BCUT2D eigenvalue weighted by atomic mass is 32.1. The average Bonchev–Trinajstić information content (AvgIpc) is 3.47. The summed E-state index contributed by atoms with van der Waals surface area (Å²) in [6.07, 6.45) is 1.75. The molecule has 0 saturated carbocycles. The van der Waals surface area contributed by atoms with Crippen molar-refractivity contribution in [3.8, 4) is 10.4 Å². The number of nitrogens with one attached hydrogen (secondary N) is 2. The molecule has 0 radical (unpaired) electrons. The lowest BCUT2D eigenvalue weighted by Crippen LogP contribution is -2.48. The van der Waals surface area contributed by atoms with Crippen LogP contribution in [0.15, 0.2) is 23.7 Å². The standard InChI is InChI=1S/C27H38N4O3S/c1-16(2)17(3)27(34)31-14-22(32)12-24(31)26(33)29-13-21-6-5-20(25-18(4)30-15-35-25)11-23(21)19-7-9-28-10-8-19/h5-6,11,15-17,19,22,24,28,32H,7-10,12-14H2,1-4H3,(H,29,33). The summed E-state index contributed by atoms with van der Waals surface area (Å²) in [7, 11) is 0. The highest BCUT2D eigenvalue weighted by Gasteiger charge is 2.40. The average molecular weight is 499 g/mol. The zero-order valence-electron chi connectivity index (χ0n) is 21.2. The third-order valence-corrected chi connectivity index (χ3v) is 8.62. The predicted octanol–water partition coefficient (Wildman–Crippen LogP) is 3.46. The zero-order chi connectivity index (χ0) is 25.1. The molecule has 8 heteroatoms. The van der Waals surface area contributed by atoms with Crippen LogP contribution in [0.25, 0.3) is 10.4 Å². The molecule has 0 aliphatic carbocycles. The number of aromatic nitrogens is 1. The molecule has 7 nitrogen and oxygen atoms in total. The van der Waals surface area contributed by atoms with Gasteiger partial charge in [-0.05, 0) is 67.4 Å². The molecule has 2 saturated heterocycles. The Morgan fingerprint density at radius 1 is 1.26 bits per heavy atom. The van der Waals surface area contributed by atoms with Crippen LogP contribution in [0.3, 0.4) is 0 Å². The van der Waals surface area contributed by atoms with E-state index in [1.165, 1.54) is 16.0 Å². The first-order chi connectivity index (χ1) is 16.8. The molecule has 2 fully saturated rings. The molecule has 2 aliphatic heterocycles. The number of hydrogen-bond donors (Lipinski definition) is 3.